The number of piperazine rings is 1. The molecule has 136 valence electrons. The molecule has 2 heterocycles. The Balaban J connectivity index is 1.46. The molecule has 0 spiro atoms. The van der Waals surface area contributed by atoms with Crippen LogP contribution < -0.4 is 0 Å². The van der Waals surface area contributed by atoms with E-state index in [9.17, 15) is 8.42 Å². The third-order valence-corrected chi connectivity index (χ3v) is 6.61. The number of aromatic nitrogens is 1. The molecule has 0 aliphatic carbocycles. The van der Waals surface area contributed by atoms with Crippen LogP contribution >= 0.6 is 15.9 Å². The van der Waals surface area contributed by atoms with Gasteiger partial charge in [0.15, 0.2) is 15.6 Å². The summed E-state index contributed by atoms with van der Waals surface area (Å²) >= 11 is 3.33. The smallest absolute Gasteiger partial charge is 0.179 e. The van der Waals surface area contributed by atoms with E-state index in [1.54, 1.807) is 24.3 Å². The molecular weight excluding hydrogens is 406 g/mol. The molecule has 8 heteroatoms. The molecular formula is C17H22BrN3O3S. The first-order chi connectivity index (χ1) is 11.9. The second-order valence-electron chi connectivity index (χ2n) is 6.33. The highest BCUT2D eigenvalue weighted by Crippen LogP contribution is 2.16. The molecule has 0 radical (unpaired) electrons. The van der Waals surface area contributed by atoms with Crippen molar-refractivity contribution >= 4 is 25.8 Å². The summed E-state index contributed by atoms with van der Waals surface area (Å²) in [6.07, 6.45) is 0. The highest BCUT2D eigenvalue weighted by Gasteiger charge is 2.21. The number of halogens is 1. The van der Waals surface area contributed by atoms with E-state index in [0.29, 0.717) is 11.4 Å². The molecule has 1 fully saturated rings. The van der Waals surface area contributed by atoms with E-state index in [0.717, 1.165) is 48.7 Å². The fourth-order valence-electron chi connectivity index (χ4n) is 2.89. The fourth-order valence-corrected chi connectivity index (χ4v) is 4.44. The maximum atomic E-state index is 12.4. The fraction of sp³-hybridized carbons (Fsp3) is 0.471. The Hall–Kier alpha value is -1.22. The van der Waals surface area contributed by atoms with Gasteiger partial charge in [0.25, 0.3) is 0 Å². The van der Waals surface area contributed by atoms with Crippen molar-refractivity contribution in [3.63, 3.8) is 0 Å². The summed E-state index contributed by atoms with van der Waals surface area (Å²) in [5, 5.41) is 3.91. The molecule has 0 amide bonds. The van der Waals surface area contributed by atoms with Crippen LogP contribution in [-0.4, -0.2) is 61.9 Å². The lowest BCUT2D eigenvalue weighted by Gasteiger charge is -2.34. The summed E-state index contributed by atoms with van der Waals surface area (Å²) < 4.78 is 31.0. The van der Waals surface area contributed by atoms with Gasteiger partial charge in [0, 0.05) is 43.3 Å². The first-order valence-electron chi connectivity index (χ1n) is 8.28. The van der Waals surface area contributed by atoms with Gasteiger partial charge in [-0.15, -0.1) is 0 Å². The van der Waals surface area contributed by atoms with Crippen molar-refractivity contribution in [2.24, 2.45) is 0 Å². The lowest BCUT2D eigenvalue weighted by Crippen LogP contribution is -2.47. The zero-order valence-corrected chi connectivity index (χ0v) is 16.6. The van der Waals surface area contributed by atoms with Crippen molar-refractivity contribution in [1.82, 2.24) is 15.0 Å². The minimum atomic E-state index is -3.24. The van der Waals surface area contributed by atoms with Gasteiger partial charge >= 0.3 is 0 Å². The standard InChI is InChI=1S/C17H22BrN3O3S/c1-14-12-16(24-19-14)13-21-8-6-20(7-9-21)10-11-25(22,23)17-4-2-15(18)3-5-17/h2-5,12H,6-11,13H2,1H3. The monoisotopic (exact) mass is 427 g/mol. The number of nitrogens with zero attached hydrogens (tertiary/aromatic N) is 3. The van der Waals surface area contributed by atoms with E-state index in [-0.39, 0.29) is 5.75 Å². The van der Waals surface area contributed by atoms with Gasteiger partial charge in [-0.3, -0.25) is 9.80 Å². The maximum Gasteiger partial charge on any atom is 0.179 e. The van der Waals surface area contributed by atoms with E-state index < -0.39 is 9.84 Å². The Bertz CT molecular complexity index is 797. The Morgan fingerprint density at radius 3 is 2.36 bits per heavy atom. The largest absolute Gasteiger partial charge is 0.360 e. The first-order valence-corrected chi connectivity index (χ1v) is 10.7. The van der Waals surface area contributed by atoms with Crippen LogP contribution in [0.1, 0.15) is 11.5 Å². The SMILES string of the molecule is Cc1cc(CN2CCN(CCS(=O)(=O)c3ccc(Br)cc3)CC2)on1. The van der Waals surface area contributed by atoms with Crippen LogP contribution in [-0.2, 0) is 16.4 Å². The molecule has 1 aromatic carbocycles. The number of sulfone groups is 1. The summed E-state index contributed by atoms with van der Waals surface area (Å²) in [4.78, 5) is 4.90. The number of hydrogen-bond acceptors (Lipinski definition) is 6. The lowest BCUT2D eigenvalue weighted by molar-refractivity contribution is 0.123. The number of rotatable bonds is 6. The summed E-state index contributed by atoms with van der Waals surface area (Å²) in [5.74, 6) is 1.03. The molecule has 0 unspecified atom stereocenters. The van der Waals surface area contributed by atoms with E-state index >= 15 is 0 Å². The second-order valence-corrected chi connectivity index (χ2v) is 9.35. The maximum absolute atomic E-state index is 12.4. The van der Waals surface area contributed by atoms with E-state index in [1.165, 1.54) is 0 Å². The van der Waals surface area contributed by atoms with Crippen LogP contribution in [0.3, 0.4) is 0 Å². The second kappa shape index (κ2) is 7.99. The van der Waals surface area contributed by atoms with Gasteiger partial charge in [-0.2, -0.15) is 0 Å². The van der Waals surface area contributed by atoms with E-state index in [4.69, 9.17) is 4.52 Å². The molecule has 1 saturated heterocycles. The summed E-state index contributed by atoms with van der Waals surface area (Å²) in [7, 11) is -3.24. The van der Waals surface area contributed by atoms with E-state index in [1.807, 2.05) is 13.0 Å². The third-order valence-electron chi connectivity index (χ3n) is 4.37. The van der Waals surface area contributed by atoms with Gasteiger partial charge in [0.1, 0.15) is 0 Å². The summed E-state index contributed by atoms with van der Waals surface area (Å²) in [6, 6.07) is 8.78. The first kappa shape index (κ1) is 18.6. The van der Waals surface area contributed by atoms with Crippen LogP contribution in [0.5, 0.6) is 0 Å². The quantitative estimate of drug-likeness (QED) is 0.704. The number of aryl methyl sites for hydroxylation is 1. The molecule has 1 aromatic heterocycles. The molecule has 1 aliphatic heterocycles. The minimum Gasteiger partial charge on any atom is -0.360 e. The van der Waals surface area contributed by atoms with Crippen molar-refractivity contribution in [3.8, 4) is 0 Å². The van der Waals surface area contributed by atoms with E-state index in [2.05, 4.69) is 30.9 Å². The average Bonchev–Trinajstić information content (AvgIpc) is 3.00. The number of benzene rings is 1. The normalized spacial score (nSPS) is 17.0. The third kappa shape index (κ3) is 5.13. The predicted molar refractivity (Wildman–Crippen MR) is 99.2 cm³/mol. The van der Waals surface area contributed by atoms with Gasteiger partial charge in [-0.25, -0.2) is 8.42 Å². The van der Waals surface area contributed by atoms with Gasteiger partial charge in [-0.05, 0) is 31.2 Å². The molecule has 0 saturated carbocycles. The molecule has 1 aliphatic rings. The molecule has 0 bridgehead atoms. The molecule has 0 N–H and O–H groups in total. The molecule has 25 heavy (non-hydrogen) atoms. The Labute approximate surface area is 156 Å². The van der Waals surface area contributed by atoms with Crippen LogP contribution in [0.2, 0.25) is 0 Å². The van der Waals surface area contributed by atoms with Gasteiger partial charge in [-0.1, -0.05) is 21.1 Å². The van der Waals surface area contributed by atoms with Crippen molar-refractivity contribution in [2.45, 2.75) is 18.4 Å². The topological polar surface area (TPSA) is 66.7 Å². The molecule has 0 atom stereocenters. The van der Waals surface area contributed by atoms with Gasteiger partial charge < -0.3 is 4.52 Å². The zero-order valence-electron chi connectivity index (χ0n) is 14.2. The van der Waals surface area contributed by atoms with Gasteiger partial charge in [0.05, 0.1) is 22.9 Å². The van der Waals surface area contributed by atoms with Crippen LogP contribution in [0, 0.1) is 6.92 Å². The van der Waals surface area contributed by atoms with Crippen molar-refractivity contribution in [1.29, 1.82) is 0 Å². The Morgan fingerprint density at radius 1 is 1.12 bits per heavy atom. The predicted octanol–water partition coefficient (Wildman–Crippen LogP) is 2.34. The number of hydrogen-bond donors (Lipinski definition) is 0. The summed E-state index contributed by atoms with van der Waals surface area (Å²) in [5.41, 5.74) is 0.895. The highest BCUT2D eigenvalue weighted by molar-refractivity contribution is 9.10. The lowest BCUT2D eigenvalue weighted by atomic mass is 10.3. The Morgan fingerprint density at radius 2 is 1.76 bits per heavy atom. The van der Waals surface area contributed by atoms with Crippen LogP contribution in [0.25, 0.3) is 0 Å². The molecule has 2 aromatic rings. The van der Waals surface area contributed by atoms with Crippen LogP contribution in [0.4, 0.5) is 0 Å². The summed E-state index contributed by atoms with van der Waals surface area (Å²) in [6.45, 7) is 6.76. The van der Waals surface area contributed by atoms with Crippen LogP contribution in [0.15, 0.2) is 44.2 Å². The zero-order chi connectivity index (χ0) is 17.9. The highest BCUT2D eigenvalue weighted by atomic mass is 79.9. The molecule has 6 nitrogen and oxygen atoms in total. The minimum absolute atomic E-state index is 0.149. The van der Waals surface area contributed by atoms with Crippen molar-refractivity contribution < 1.29 is 12.9 Å². The van der Waals surface area contributed by atoms with Gasteiger partial charge in [0.2, 0.25) is 0 Å². The van der Waals surface area contributed by atoms with Crippen molar-refractivity contribution in [3.05, 3.63) is 46.3 Å². The molecule has 3 rings (SSSR count). The average molecular weight is 428 g/mol. The Kier molecular flexibility index (Phi) is 5.93. The van der Waals surface area contributed by atoms with Crippen molar-refractivity contribution in [2.75, 3.05) is 38.5 Å².